The fourth-order valence-corrected chi connectivity index (χ4v) is 2.07. The molecule has 0 radical (unpaired) electrons. The van der Waals surface area contributed by atoms with Gasteiger partial charge in [-0.1, -0.05) is 0 Å². The van der Waals surface area contributed by atoms with Gasteiger partial charge in [0.1, 0.15) is 6.67 Å². The zero-order valence-corrected chi connectivity index (χ0v) is 9.63. The first-order valence-corrected chi connectivity index (χ1v) is 6.07. The van der Waals surface area contributed by atoms with Crippen molar-refractivity contribution >= 4 is 0 Å². The molecule has 0 saturated carbocycles. The third kappa shape index (κ3) is 5.44. The van der Waals surface area contributed by atoms with Gasteiger partial charge in [0, 0.05) is 19.6 Å². The summed E-state index contributed by atoms with van der Waals surface area (Å²) in [5, 5.41) is 0. The highest BCUT2D eigenvalue weighted by atomic mass is 19.1. The third-order valence-corrected chi connectivity index (χ3v) is 3.01. The minimum absolute atomic E-state index is 0.215. The standard InChI is InChI=1S/C11H24FN3/c12-4-9-15-8-3-7-14(10-11-15)6-2-1-5-13/h1-11,13H2. The zero-order chi connectivity index (χ0) is 10.9. The van der Waals surface area contributed by atoms with Gasteiger partial charge < -0.3 is 10.6 Å². The summed E-state index contributed by atoms with van der Waals surface area (Å²) in [4.78, 5) is 4.71. The van der Waals surface area contributed by atoms with Crippen molar-refractivity contribution in [3.05, 3.63) is 0 Å². The van der Waals surface area contributed by atoms with Crippen molar-refractivity contribution < 1.29 is 4.39 Å². The maximum atomic E-state index is 12.2. The number of unbranched alkanes of at least 4 members (excludes halogenated alkanes) is 1. The van der Waals surface area contributed by atoms with Crippen molar-refractivity contribution in [2.24, 2.45) is 5.73 Å². The normalized spacial score (nSPS) is 20.4. The first-order chi connectivity index (χ1) is 7.36. The summed E-state index contributed by atoms with van der Waals surface area (Å²) in [6.45, 7) is 6.66. The molecular weight excluding hydrogens is 193 g/mol. The summed E-state index contributed by atoms with van der Waals surface area (Å²) in [6.07, 6.45) is 3.48. The van der Waals surface area contributed by atoms with Gasteiger partial charge in [-0.2, -0.15) is 0 Å². The Morgan fingerprint density at radius 3 is 2.20 bits per heavy atom. The second-order valence-corrected chi connectivity index (χ2v) is 4.22. The molecule has 1 aliphatic heterocycles. The summed E-state index contributed by atoms with van der Waals surface area (Å²) in [7, 11) is 0. The molecule has 0 atom stereocenters. The van der Waals surface area contributed by atoms with Crippen LogP contribution in [0.4, 0.5) is 4.39 Å². The van der Waals surface area contributed by atoms with Crippen molar-refractivity contribution in [1.29, 1.82) is 0 Å². The molecule has 0 amide bonds. The molecule has 0 aromatic carbocycles. The fourth-order valence-electron chi connectivity index (χ4n) is 2.07. The van der Waals surface area contributed by atoms with E-state index in [0.717, 1.165) is 45.7 Å². The van der Waals surface area contributed by atoms with Gasteiger partial charge in [0.15, 0.2) is 0 Å². The highest BCUT2D eigenvalue weighted by Gasteiger charge is 2.13. The Hall–Kier alpha value is -0.190. The number of nitrogens with zero attached hydrogens (tertiary/aromatic N) is 2. The van der Waals surface area contributed by atoms with Crippen molar-refractivity contribution in [3.63, 3.8) is 0 Å². The molecule has 3 nitrogen and oxygen atoms in total. The molecule has 15 heavy (non-hydrogen) atoms. The molecule has 90 valence electrons. The molecule has 1 fully saturated rings. The van der Waals surface area contributed by atoms with E-state index in [4.69, 9.17) is 5.73 Å². The molecule has 0 unspecified atom stereocenters. The van der Waals surface area contributed by atoms with E-state index in [1.54, 1.807) is 0 Å². The van der Waals surface area contributed by atoms with Gasteiger partial charge in [-0.25, -0.2) is 4.39 Å². The van der Waals surface area contributed by atoms with Crippen molar-refractivity contribution in [3.8, 4) is 0 Å². The van der Waals surface area contributed by atoms with Crippen LogP contribution in [0.1, 0.15) is 19.3 Å². The number of alkyl halides is 1. The largest absolute Gasteiger partial charge is 0.330 e. The molecule has 0 spiro atoms. The molecule has 4 heteroatoms. The lowest BCUT2D eigenvalue weighted by atomic mass is 10.3. The van der Waals surface area contributed by atoms with E-state index in [2.05, 4.69) is 9.80 Å². The van der Waals surface area contributed by atoms with Gasteiger partial charge >= 0.3 is 0 Å². The Morgan fingerprint density at radius 1 is 0.933 bits per heavy atom. The van der Waals surface area contributed by atoms with Crippen LogP contribution in [-0.2, 0) is 0 Å². The molecule has 0 bridgehead atoms. The van der Waals surface area contributed by atoms with Crippen molar-refractivity contribution in [1.82, 2.24) is 9.80 Å². The van der Waals surface area contributed by atoms with Gasteiger partial charge in [0.25, 0.3) is 0 Å². The predicted molar refractivity (Wildman–Crippen MR) is 61.8 cm³/mol. The Kier molecular flexibility index (Phi) is 6.88. The number of rotatable bonds is 6. The number of hydrogen-bond acceptors (Lipinski definition) is 3. The van der Waals surface area contributed by atoms with Crippen LogP contribution in [0, 0.1) is 0 Å². The van der Waals surface area contributed by atoms with Gasteiger partial charge in [-0.05, 0) is 45.4 Å². The number of nitrogens with two attached hydrogens (primary N) is 1. The van der Waals surface area contributed by atoms with E-state index in [1.165, 1.54) is 12.8 Å². The van der Waals surface area contributed by atoms with Crippen molar-refractivity contribution in [2.75, 3.05) is 52.5 Å². The molecule has 0 aliphatic carbocycles. The molecule has 1 heterocycles. The van der Waals surface area contributed by atoms with Crippen LogP contribution in [0.15, 0.2) is 0 Å². The zero-order valence-electron chi connectivity index (χ0n) is 9.63. The quantitative estimate of drug-likeness (QED) is 0.665. The molecule has 1 saturated heterocycles. The van der Waals surface area contributed by atoms with Crippen LogP contribution in [0.2, 0.25) is 0 Å². The predicted octanol–water partition coefficient (Wildman–Crippen LogP) is 0.702. The number of halogens is 1. The first-order valence-electron chi connectivity index (χ1n) is 6.07. The van der Waals surface area contributed by atoms with Crippen LogP contribution in [0.25, 0.3) is 0 Å². The van der Waals surface area contributed by atoms with Crippen molar-refractivity contribution in [2.45, 2.75) is 19.3 Å². The molecule has 0 aromatic heterocycles. The van der Waals surface area contributed by atoms with Gasteiger partial charge in [0.05, 0.1) is 0 Å². The topological polar surface area (TPSA) is 32.5 Å². The maximum absolute atomic E-state index is 12.2. The monoisotopic (exact) mass is 217 g/mol. The van der Waals surface area contributed by atoms with E-state index in [1.807, 2.05) is 0 Å². The minimum Gasteiger partial charge on any atom is -0.330 e. The van der Waals surface area contributed by atoms with Crippen LogP contribution in [0.3, 0.4) is 0 Å². The Labute approximate surface area is 92.4 Å². The summed E-state index contributed by atoms with van der Waals surface area (Å²) >= 11 is 0. The summed E-state index contributed by atoms with van der Waals surface area (Å²) in [6, 6.07) is 0. The molecule has 1 aliphatic rings. The van der Waals surface area contributed by atoms with Crippen LogP contribution < -0.4 is 5.73 Å². The minimum atomic E-state index is -0.215. The smallest absolute Gasteiger partial charge is 0.102 e. The highest BCUT2D eigenvalue weighted by molar-refractivity contribution is 4.69. The van der Waals surface area contributed by atoms with E-state index in [-0.39, 0.29) is 6.67 Å². The van der Waals surface area contributed by atoms with E-state index >= 15 is 0 Å². The lowest BCUT2D eigenvalue weighted by molar-refractivity contribution is 0.239. The van der Waals surface area contributed by atoms with Crippen LogP contribution >= 0.6 is 0 Å². The van der Waals surface area contributed by atoms with Crippen LogP contribution in [0.5, 0.6) is 0 Å². The Balaban J connectivity index is 2.14. The highest BCUT2D eigenvalue weighted by Crippen LogP contribution is 2.04. The van der Waals surface area contributed by atoms with E-state index in [0.29, 0.717) is 6.54 Å². The maximum Gasteiger partial charge on any atom is 0.102 e. The molecule has 0 aromatic rings. The fraction of sp³-hybridized carbons (Fsp3) is 1.00. The Bertz CT molecular complexity index is 155. The van der Waals surface area contributed by atoms with E-state index in [9.17, 15) is 4.39 Å². The number of hydrogen-bond donors (Lipinski definition) is 1. The second-order valence-electron chi connectivity index (χ2n) is 4.22. The summed E-state index contributed by atoms with van der Waals surface area (Å²) in [5.74, 6) is 0. The van der Waals surface area contributed by atoms with Gasteiger partial charge in [0.2, 0.25) is 0 Å². The molecule has 2 N–H and O–H groups in total. The first kappa shape index (κ1) is 12.9. The average molecular weight is 217 g/mol. The summed E-state index contributed by atoms with van der Waals surface area (Å²) < 4.78 is 12.2. The van der Waals surface area contributed by atoms with Gasteiger partial charge in [-0.3, -0.25) is 4.90 Å². The molecule has 1 rings (SSSR count). The third-order valence-electron chi connectivity index (χ3n) is 3.01. The molecular formula is C11H24FN3. The lowest BCUT2D eigenvalue weighted by Gasteiger charge is -2.20. The Morgan fingerprint density at radius 2 is 1.60 bits per heavy atom. The van der Waals surface area contributed by atoms with E-state index < -0.39 is 0 Å². The second kappa shape index (κ2) is 8.02. The lowest BCUT2D eigenvalue weighted by Crippen LogP contribution is -2.32. The SMILES string of the molecule is NCCCCN1CCCN(CCF)CC1. The van der Waals surface area contributed by atoms with Gasteiger partial charge in [-0.15, -0.1) is 0 Å². The average Bonchev–Trinajstić information content (AvgIpc) is 2.45. The van der Waals surface area contributed by atoms with Crippen LogP contribution in [-0.4, -0.2) is 62.3 Å². The summed E-state index contributed by atoms with van der Waals surface area (Å²) in [5.41, 5.74) is 5.47.